The molecule has 13 heavy (non-hydrogen) atoms. The standard InChI is InChI=1S/C9H9BrN2O/c10-7-3-1-6(5-8(7)11)2-4-9(12)13/h1-5H,11H2,(H2,12,13)/b4-2+. The van der Waals surface area contributed by atoms with E-state index in [1.165, 1.54) is 6.08 Å². The Balaban J connectivity index is 2.92. The number of rotatable bonds is 2. The third-order valence-corrected chi connectivity index (χ3v) is 2.18. The number of hydrogen-bond donors (Lipinski definition) is 2. The van der Waals surface area contributed by atoms with Crippen molar-refractivity contribution in [3.05, 3.63) is 34.3 Å². The number of anilines is 1. The van der Waals surface area contributed by atoms with Crippen molar-refractivity contribution >= 4 is 33.6 Å². The van der Waals surface area contributed by atoms with Gasteiger partial charge in [-0.15, -0.1) is 0 Å². The van der Waals surface area contributed by atoms with Gasteiger partial charge >= 0.3 is 0 Å². The van der Waals surface area contributed by atoms with Crippen molar-refractivity contribution in [2.24, 2.45) is 5.73 Å². The minimum Gasteiger partial charge on any atom is -0.398 e. The maximum atomic E-state index is 10.4. The molecule has 0 bridgehead atoms. The predicted octanol–water partition coefficient (Wildman–Crippen LogP) is 1.53. The van der Waals surface area contributed by atoms with Crippen LogP contribution in [0.1, 0.15) is 5.56 Å². The maximum Gasteiger partial charge on any atom is 0.241 e. The van der Waals surface area contributed by atoms with Gasteiger partial charge in [0.1, 0.15) is 0 Å². The van der Waals surface area contributed by atoms with E-state index in [2.05, 4.69) is 15.9 Å². The van der Waals surface area contributed by atoms with Crippen LogP contribution in [0.4, 0.5) is 5.69 Å². The van der Waals surface area contributed by atoms with Crippen molar-refractivity contribution in [2.45, 2.75) is 0 Å². The Morgan fingerprint density at radius 3 is 2.69 bits per heavy atom. The topological polar surface area (TPSA) is 69.1 Å². The van der Waals surface area contributed by atoms with E-state index in [0.717, 1.165) is 10.0 Å². The van der Waals surface area contributed by atoms with Crippen molar-refractivity contribution in [3.8, 4) is 0 Å². The van der Waals surface area contributed by atoms with Crippen LogP contribution in [0, 0.1) is 0 Å². The predicted molar refractivity (Wildman–Crippen MR) is 56.8 cm³/mol. The second-order valence-corrected chi connectivity index (χ2v) is 3.37. The fraction of sp³-hybridized carbons (Fsp3) is 0. The van der Waals surface area contributed by atoms with Gasteiger partial charge in [-0.2, -0.15) is 0 Å². The molecule has 1 rings (SSSR count). The normalized spacial score (nSPS) is 10.5. The number of nitrogens with two attached hydrogens (primary N) is 2. The number of primary amides is 1. The summed E-state index contributed by atoms with van der Waals surface area (Å²) in [7, 11) is 0. The van der Waals surface area contributed by atoms with Gasteiger partial charge in [-0.05, 0) is 39.7 Å². The van der Waals surface area contributed by atoms with E-state index in [4.69, 9.17) is 11.5 Å². The number of halogens is 1. The van der Waals surface area contributed by atoms with Crippen molar-refractivity contribution in [2.75, 3.05) is 5.73 Å². The average molecular weight is 241 g/mol. The van der Waals surface area contributed by atoms with Gasteiger partial charge in [-0.1, -0.05) is 6.07 Å². The fourth-order valence-electron chi connectivity index (χ4n) is 0.844. The molecule has 0 radical (unpaired) electrons. The molecule has 0 atom stereocenters. The minimum absolute atomic E-state index is 0.471. The Morgan fingerprint density at radius 2 is 2.15 bits per heavy atom. The first-order valence-corrected chi connectivity index (χ1v) is 4.41. The quantitative estimate of drug-likeness (QED) is 0.608. The van der Waals surface area contributed by atoms with Gasteiger partial charge in [0.05, 0.1) is 0 Å². The van der Waals surface area contributed by atoms with Crippen molar-refractivity contribution in [3.63, 3.8) is 0 Å². The van der Waals surface area contributed by atoms with Gasteiger partial charge < -0.3 is 11.5 Å². The van der Waals surface area contributed by atoms with E-state index in [1.54, 1.807) is 12.1 Å². The highest BCUT2D eigenvalue weighted by molar-refractivity contribution is 9.10. The average Bonchev–Trinajstić information content (AvgIpc) is 2.07. The molecular formula is C9H9BrN2O. The molecule has 3 nitrogen and oxygen atoms in total. The van der Waals surface area contributed by atoms with E-state index in [9.17, 15) is 4.79 Å². The van der Waals surface area contributed by atoms with Gasteiger partial charge in [0, 0.05) is 16.2 Å². The molecule has 0 unspecified atom stereocenters. The Labute approximate surface area is 84.5 Å². The number of carbonyl (C=O) groups is 1. The highest BCUT2D eigenvalue weighted by atomic mass is 79.9. The third-order valence-electron chi connectivity index (χ3n) is 1.46. The molecule has 4 N–H and O–H groups in total. The molecule has 0 fully saturated rings. The summed E-state index contributed by atoms with van der Waals surface area (Å²) in [5.74, 6) is -0.471. The molecule has 0 aromatic heterocycles. The molecule has 4 heteroatoms. The van der Waals surface area contributed by atoms with Crippen LogP contribution in [0.25, 0.3) is 6.08 Å². The second kappa shape index (κ2) is 4.09. The zero-order valence-electron chi connectivity index (χ0n) is 6.83. The molecule has 1 amide bonds. The van der Waals surface area contributed by atoms with Gasteiger partial charge in [-0.25, -0.2) is 0 Å². The molecule has 0 spiro atoms. The highest BCUT2D eigenvalue weighted by Crippen LogP contribution is 2.20. The second-order valence-electron chi connectivity index (χ2n) is 2.52. The molecule has 68 valence electrons. The van der Waals surface area contributed by atoms with Crippen molar-refractivity contribution < 1.29 is 4.79 Å². The van der Waals surface area contributed by atoms with Gasteiger partial charge in [-0.3, -0.25) is 4.79 Å². The number of amides is 1. The molecule has 0 saturated heterocycles. The number of nitrogen functional groups attached to an aromatic ring is 1. The van der Waals surface area contributed by atoms with Crippen LogP contribution in [0.3, 0.4) is 0 Å². The molecular weight excluding hydrogens is 232 g/mol. The van der Waals surface area contributed by atoms with Crippen LogP contribution in [0.15, 0.2) is 28.7 Å². The minimum atomic E-state index is -0.471. The lowest BCUT2D eigenvalue weighted by Gasteiger charge is -1.98. The molecule has 0 aliphatic heterocycles. The molecule has 0 aliphatic rings. The Bertz CT molecular complexity index is 361. The summed E-state index contributed by atoms with van der Waals surface area (Å²) in [6.45, 7) is 0. The molecule has 1 aromatic carbocycles. The Morgan fingerprint density at radius 1 is 1.46 bits per heavy atom. The summed E-state index contributed by atoms with van der Waals surface area (Å²) in [5, 5.41) is 0. The van der Waals surface area contributed by atoms with E-state index in [1.807, 2.05) is 12.1 Å². The van der Waals surface area contributed by atoms with E-state index >= 15 is 0 Å². The van der Waals surface area contributed by atoms with Crippen molar-refractivity contribution in [1.82, 2.24) is 0 Å². The van der Waals surface area contributed by atoms with Crippen LogP contribution in [0.5, 0.6) is 0 Å². The molecule has 0 aliphatic carbocycles. The number of benzene rings is 1. The van der Waals surface area contributed by atoms with Crippen LogP contribution in [-0.2, 0) is 4.79 Å². The first-order chi connectivity index (χ1) is 6.09. The third kappa shape index (κ3) is 2.91. The van der Waals surface area contributed by atoms with Crippen LogP contribution in [-0.4, -0.2) is 5.91 Å². The highest BCUT2D eigenvalue weighted by Gasteiger charge is 1.94. The first-order valence-electron chi connectivity index (χ1n) is 3.62. The smallest absolute Gasteiger partial charge is 0.241 e. The summed E-state index contributed by atoms with van der Waals surface area (Å²) in [5.41, 5.74) is 12.0. The lowest BCUT2D eigenvalue weighted by molar-refractivity contribution is -0.113. The maximum absolute atomic E-state index is 10.4. The summed E-state index contributed by atoms with van der Waals surface area (Å²) in [6.07, 6.45) is 2.91. The zero-order chi connectivity index (χ0) is 9.84. The lowest BCUT2D eigenvalue weighted by Crippen LogP contribution is -2.05. The SMILES string of the molecule is NC(=O)/C=C/c1ccc(Br)c(N)c1. The van der Waals surface area contributed by atoms with Crippen LogP contribution >= 0.6 is 15.9 Å². The monoisotopic (exact) mass is 240 g/mol. The van der Waals surface area contributed by atoms with E-state index in [0.29, 0.717) is 5.69 Å². The van der Waals surface area contributed by atoms with Crippen LogP contribution in [0.2, 0.25) is 0 Å². The van der Waals surface area contributed by atoms with Gasteiger partial charge in [0.25, 0.3) is 0 Å². The fourth-order valence-corrected chi connectivity index (χ4v) is 1.09. The Kier molecular flexibility index (Phi) is 3.08. The largest absolute Gasteiger partial charge is 0.398 e. The summed E-state index contributed by atoms with van der Waals surface area (Å²) in [6, 6.07) is 5.40. The summed E-state index contributed by atoms with van der Waals surface area (Å²) < 4.78 is 0.837. The number of carbonyl (C=O) groups excluding carboxylic acids is 1. The lowest BCUT2D eigenvalue weighted by atomic mass is 10.2. The summed E-state index contributed by atoms with van der Waals surface area (Å²) in [4.78, 5) is 10.4. The summed E-state index contributed by atoms with van der Waals surface area (Å²) >= 11 is 3.27. The van der Waals surface area contributed by atoms with E-state index in [-0.39, 0.29) is 0 Å². The first kappa shape index (κ1) is 9.80. The molecule has 0 saturated carbocycles. The van der Waals surface area contributed by atoms with Gasteiger partial charge in [0.15, 0.2) is 0 Å². The van der Waals surface area contributed by atoms with Gasteiger partial charge in [0.2, 0.25) is 5.91 Å². The van der Waals surface area contributed by atoms with Crippen LogP contribution < -0.4 is 11.5 Å². The van der Waals surface area contributed by atoms with Crippen molar-refractivity contribution in [1.29, 1.82) is 0 Å². The Hall–Kier alpha value is -1.29. The molecule has 0 heterocycles. The molecule has 1 aromatic rings. The number of hydrogen-bond acceptors (Lipinski definition) is 2. The zero-order valence-corrected chi connectivity index (χ0v) is 8.41. The van der Waals surface area contributed by atoms with E-state index < -0.39 is 5.91 Å².